The van der Waals surface area contributed by atoms with Crippen molar-refractivity contribution in [3.05, 3.63) is 52.2 Å². The smallest absolute Gasteiger partial charge is 0.234 e. The summed E-state index contributed by atoms with van der Waals surface area (Å²) in [6.07, 6.45) is 4.73. The van der Waals surface area contributed by atoms with Crippen LogP contribution in [0.3, 0.4) is 0 Å². The lowest BCUT2D eigenvalue weighted by atomic mass is 10.0. The van der Waals surface area contributed by atoms with Gasteiger partial charge in [-0.15, -0.1) is 11.3 Å². The summed E-state index contributed by atoms with van der Waals surface area (Å²) in [5.41, 5.74) is 1.05. The van der Waals surface area contributed by atoms with E-state index < -0.39 is 6.10 Å². The minimum atomic E-state index is -0.451. The molecule has 5 nitrogen and oxygen atoms in total. The van der Waals surface area contributed by atoms with Gasteiger partial charge in [-0.25, -0.2) is 0 Å². The van der Waals surface area contributed by atoms with E-state index in [1.54, 1.807) is 18.4 Å². The number of nitrogens with zero attached hydrogens (tertiary/aromatic N) is 1. The van der Waals surface area contributed by atoms with Crippen molar-refractivity contribution >= 4 is 17.2 Å². The van der Waals surface area contributed by atoms with Crippen molar-refractivity contribution in [2.24, 2.45) is 0 Å². The molecule has 1 aromatic carbocycles. The minimum absolute atomic E-state index is 0.0355. The first-order valence-electron chi connectivity index (χ1n) is 10.0. The molecule has 0 radical (unpaired) electrons. The van der Waals surface area contributed by atoms with Gasteiger partial charge in [0.2, 0.25) is 5.91 Å². The number of likely N-dealkylation sites (tertiary alicyclic amines) is 1. The average molecular weight is 403 g/mol. The van der Waals surface area contributed by atoms with Crippen LogP contribution in [0.2, 0.25) is 0 Å². The van der Waals surface area contributed by atoms with E-state index in [1.165, 1.54) is 6.42 Å². The molecule has 2 heterocycles. The largest absolute Gasteiger partial charge is 0.497 e. The molecule has 152 valence electrons. The Hall–Kier alpha value is -1.89. The lowest BCUT2D eigenvalue weighted by Gasteiger charge is -2.30. The Labute approximate surface area is 171 Å². The molecule has 3 rings (SSSR count). The molecule has 2 atom stereocenters. The Morgan fingerprint density at radius 3 is 2.82 bits per heavy atom. The molecule has 1 aliphatic rings. The molecule has 0 spiro atoms. The van der Waals surface area contributed by atoms with Crippen LogP contribution in [0.15, 0.2) is 41.8 Å². The van der Waals surface area contributed by atoms with Crippen molar-refractivity contribution in [3.63, 3.8) is 0 Å². The van der Waals surface area contributed by atoms with Gasteiger partial charge in [0, 0.05) is 17.5 Å². The van der Waals surface area contributed by atoms with Gasteiger partial charge in [0.05, 0.1) is 19.8 Å². The van der Waals surface area contributed by atoms with Crippen LogP contribution in [0.4, 0.5) is 0 Å². The van der Waals surface area contributed by atoms with E-state index in [0.717, 1.165) is 42.0 Å². The number of carbonyl (C=O) groups is 1. The maximum atomic E-state index is 12.5. The molecule has 2 unspecified atom stereocenters. The number of ether oxygens (including phenoxy) is 1. The van der Waals surface area contributed by atoms with Gasteiger partial charge < -0.3 is 15.2 Å². The third-order valence-electron chi connectivity index (χ3n) is 5.36. The molecular formula is C22H30N2O3S. The van der Waals surface area contributed by atoms with Crippen molar-refractivity contribution in [2.45, 2.75) is 50.8 Å². The van der Waals surface area contributed by atoms with Gasteiger partial charge in [0.25, 0.3) is 0 Å². The number of carbonyl (C=O) groups excluding carboxylic acids is 1. The molecule has 28 heavy (non-hydrogen) atoms. The van der Waals surface area contributed by atoms with Crippen LogP contribution < -0.4 is 10.1 Å². The summed E-state index contributed by atoms with van der Waals surface area (Å²) in [6.45, 7) is 1.81. The number of rotatable bonds is 8. The molecule has 1 saturated heterocycles. The van der Waals surface area contributed by atoms with Gasteiger partial charge in [0.15, 0.2) is 0 Å². The van der Waals surface area contributed by atoms with Crippen LogP contribution in [-0.2, 0) is 11.3 Å². The first-order valence-corrected chi connectivity index (χ1v) is 10.9. The Morgan fingerprint density at radius 1 is 1.29 bits per heavy atom. The molecule has 6 heteroatoms. The van der Waals surface area contributed by atoms with Crippen LogP contribution in [0.25, 0.3) is 0 Å². The number of nitrogens with one attached hydrogen (secondary N) is 1. The number of hydrogen-bond donors (Lipinski definition) is 2. The maximum Gasteiger partial charge on any atom is 0.234 e. The highest BCUT2D eigenvalue weighted by Crippen LogP contribution is 2.28. The quantitative estimate of drug-likeness (QED) is 0.706. The van der Waals surface area contributed by atoms with Crippen LogP contribution in [0.5, 0.6) is 5.75 Å². The zero-order valence-corrected chi connectivity index (χ0v) is 17.3. The van der Waals surface area contributed by atoms with Crippen molar-refractivity contribution in [1.29, 1.82) is 0 Å². The van der Waals surface area contributed by atoms with Crippen molar-refractivity contribution < 1.29 is 14.6 Å². The molecule has 0 bridgehead atoms. The van der Waals surface area contributed by atoms with Crippen LogP contribution >= 0.6 is 11.3 Å². The van der Waals surface area contributed by atoms with Gasteiger partial charge >= 0.3 is 0 Å². The van der Waals surface area contributed by atoms with Crippen molar-refractivity contribution in [1.82, 2.24) is 10.2 Å². The summed E-state index contributed by atoms with van der Waals surface area (Å²) in [7, 11) is 1.64. The molecule has 1 aromatic heterocycles. The molecular weight excluding hydrogens is 372 g/mol. The fraction of sp³-hybridized carbons (Fsp3) is 0.500. The number of aliphatic hydroxyl groups excluding tert-OH is 1. The molecule has 1 fully saturated rings. The van der Waals surface area contributed by atoms with E-state index >= 15 is 0 Å². The topological polar surface area (TPSA) is 61.8 Å². The van der Waals surface area contributed by atoms with Crippen LogP contribution in [0.1, 0.15) is 48.6 Å². The number of aliphatic hydroxyl groups is 1. The van der Waals surface area contributed by atoms with E-state index in [0.29, 0.717) is 19.5 Å². The third-order valence-corrected chi connectivity index (χ3v) is 6.33. The zero-order chi connectivity index (χ0) is 19.8. The summed E-state index contributed by atoms with van der Waals surface area (Å²) >= 11 is 1.59. The minimum Gasteiger partial charge on any atom is -0.497 e. The lowest BCUT2D eigenvalue weighted by Crippen LogP contribution is -2.43. The monoisotopic (exact) mass is 402 g/mol. The highest BCUT2D eigenvalue weighted by Gasteiger charge is 2.26. The van der Waals surface area contributed by atoms with Gasteiger partial charge in [-0.1, -0.05) is 31.0 Å². The summed E-state index contributed by atoms with van der Waals surface area (Å²) in [4.78, 5) is 15.8. The van der Waals surface area contributed by atoms with Gasteiger partial charge in [0.1, 0.15) is 5.75 Å². The maximum absolute atomic E-state index is 12.5. The van der Waals surface area contributed by atoms with Gasteiger partial charge in [-0.3, -0.25) is 9.69 Å². The Morgan fingerprint density at radius 2 is 2.11 bits per heavy atom. The second kappa shape index (κ2) is 10.6. The molecule has 0 aliphatic carbocycles. The van der Waals surface area contributed by atoms with E-state index in [4.69, 9.17) is 4.74 Å². The number of hydrogen-bond acceptors (Lipinski definition) is 5. The van der Waals surface area contributed by atoms with E-state index in [1.807, 2.05) is 41.8 Å². The number of benzene rings is 1. The van der Waals surface area contributed by atoms with Gasteiger partial charge in [-0.05, 0) is 54.9 Å². The Kier molecular flexibility index (Phi) is 7.89. The molecule has 1 aliphatic heterocycles. The normalized spacial score (nSPS) is 19.0. The number of amides is 1. The number of thiophene rings is 1. The Bertz CT molecular complexity index is 718. The summed E-state index contributed by atoms with van der Waals surface area (Å²) in [5.74, 6) is 0.847. The zero-order valence-electron chi connectivity index (χ0n) is 16.5. The highest BCUT2D eigenvalue weighted by molar-refractivity contribution is 7.10. The van der Waals surface area contributed by atoms with E-state index in [-0.39, 0.29) is 11.9 Å². The second-order valence-corrected chi connectivity index (χ2v) is 8.34. The summed E-state index contributed by atoms with van der Waals surface area (Å²) in [5, 5.41) is 15.6. The fourth-order valence-electron chi connectivity index (χ4n) is 3.75. The summed E-state index contributed by atoms with van der Waals surface area (Å²) in [6, 6.07) is 11.9. The third kappa shape index (κ3) is 6.06. The van der Waals surface area contributed by atoms with Crippen LogP contribution in [0, 0.1) is 0 Å². The highest BCUT2D eigenvalue weighted by atomic mass is 32.1. The molecule has 1 amide bonds. The molecule has 0 saturated carbocycles. The van der Waals surface area contributed by atoms with E-state index in [2.05, 4.69) is 10.2 Å². The fourth-order valence-corrected chi connectivity index (χ4v) is 4.48. The van der Waals surface area contributed by atoms with Crippen LogP contribution in [-0.4, -0.2) is 42.2 Å². The SMILES string of the molecule is COc1ccc(CNC(=O)CN2CCCCCC2CC(O)c2cccs2)cc1. The number of methoxy groups -OCH3 is 1. The first kappa shape index (κ1) is 20.8. The van der Waals surface area contributed by atoms with Crippen molar-refractivity contribution in [2.75, 3.05) is 20.2 Å². The Balaban J connectivity index is 1.53. The second-order valence-electron chi connectivity index (χ2n) is 7.37. The summed E-state index contributed by atoms with van der Waals surface area (Å²) < 4.78 is 5.16. The van der Waals surface area contributed by atoms with Gasteiger partial charge in [-0.2, -0.15) is 0 Å². The van der Waals surface area contributed by atoms with Crippen molar-refractivity contribution in [3.8, 4) is 5.75 Å². The predicted octanol–water partition coefficient (Wildman–Crippen LogP) is 3.74. The van der Waals surface area contributed by atoms with E-state index in [9.17, 15) is 9.90 Å². The lowest BCUT2D eigenvalue weighted by molar-refractivity contribution is -0.123. The predicted molar refractivity (Wildman–Crippen MR) is 113 cm³/mol. The average Bonchev–Trinajstić information content (AvgIpc) is 3.17. The molecule has 2 N–H and O–H groups in total. The molecule has 2 aromatic rings. The first-order chi connectivity index (χ1) is 13.7. The standard InChI is InChI=1S/C22H30N2O3S/c1-27-19-10-8-17(9-11-19)15-23-22(26)16-24-12-4-2-3-6-18(24)14-20(25)21-7-5-13-28-21/h5,7-11,13,18,20,25H,2-4,6,12,14-16H2,1H3,(H,23,26).